The number of benzene rings is 2. The molecule has 2 nitrogen and oxygen atoms in total. The molecule has 2 aromatic rings. The summed E-state index contributed by atoms with van der Waals surface area (Å²) in [6.45, 7) is 0. The summed E-state index contributed by atoms with van der Waals surface area (Å²) in [5.41, 5.74) is 0. The molecule has 0 spiro atoms. The minimum Gasteiger partial charge on any atom is -0.254 e. The van der Waals surface area contributed by atoms with E-state index in [1.165, 1.54) is 0 Å². The second-order valence-corrected chi connectivity index (χ2v) is 8.73. The zero-order valence-electron chi connectivity index (χ0n) is 11.8. The Labute approximate surface area is 145 Å². The van der Waals surface area contributed by atoms with E-state index in [9.17, 15) is 8.42 Å². The minimum absolute atomic E-state index is 0.569. The van der Waals surface area contributed by atoms with Gasteiger partial charge in [-0.25, -0.2) is 0 Å². The zero-order valence-corrected chi connectivity index (χ0v) is 15.0. The van der Waals surface area contributed by atoms with E-state index in [0.717, 1.165) is 22.6 Å². The van der Waals surface area contributed by atoms with E-state index in [1.807, 2.05) is 0 Å². The Hall–Kier alpha value is -0.680. The fourth-order valence-corrected chi connectivity index (χ4v) is 4.41. The molecule has 118 valence electrons. The van der Waals surface area contributed by atoms with Crippen molar-refractivity contribution in [3.05, 3.63) is 58.6 Å². The lowest BCUT2D eigenvalue weighted by molar-refractivity contribution is 0.674. The molecule has 22 heavy (non-hydrogen) atoms. The second-order valence-electron chi connectivity index (χ2n) is 4.71. The van der Waals surface area contributed by atoms with Gasteiger partial charge in [0.05, 0.1) is 21.6 Å². The maximum absolute atomic E-state index is 12.1. The zero-order chi connectivity index (χ0) is 15.9. The summed E-state index contributed by atoms with van der Waals surface area (Å²) < 4.78 is 24.2. The van der Waals surface area contributed by atoms with Crippen molar-refractivity contribution in [3.63, 3.8) is 0 Å². The van der Waals surface area contributed by atoms with E-state index in [2.05, 4.69) is 0 Å². The van der Waals surface area contributed by atoms with E-state index in [0.29, 0.717) is 21.6 Å². The Kier molecular flexibility index (Phi) is 7.09. The van der Waals surface area contributed by atoms with Gasteiger partial charge in [0.25, 0.3) is 0 Å². The number of rotatable bonds is 7. The fourth-order valence-electron chi connectivity index (χ4n) is 1.87. The first-order valence-electron chi connectivity index (χ1n) is 6.84. The predicted octanol–water partition coefficient (Wildman–Crippen LogP) is 4.69. The number of hydrogen-bond acceptors (Lipinski definition) is 2. The van der Waals surface area contributed by atoms with Crippen LogP contribution in [0.1, 0.15) is 12.8 Å². The van der Waals surface area contributed by atoms with Crippen LogP contribution in [0.2, 0.25) is 10.0 Å². The van der Waals surface area contributed by atoms with E-state index < -0.39 is 21.6 Å². The van der Waals surface area contributed by atoms with Crippen molar-refractivity contribution < 1.29 is 8.42 Å². The maximum Gasteiger partial charge on any atom is 0.0529 e. The van der Waals surface area contributed by atoms with Gasteiger partial charge in [-0.05, 0) is 61.4 Å². The van der Waals surface area contributed by atoms with Crippen LogP contribution in [0, 0.1) is 0 Å². The Bertz CT molecular complexity index is 595. The first-order valence-corrected chi connectivity index (χ1v) is 10.2. The smallest absolute Gasteiger partial charge is 0.0529 e. The van der Waals surface area contributed by atoms with Gasteiger partial charge in [-0.3, -0.25) is 8.42 Å². The number of unbranched alkanes of at least 4 members (excludes halogenated alkanes) is 1. The largest absolute Gasteiger partial charge is 0.254 e. The summed E-state index contributed by atoms with van der Waals surface area (Å²) in [7, 11) is -2.06. The van der Waals surface area contributed by atoms with Crippen LogP contribution in [0.5, 0.6) is 0 Å². The molecule has 0 bridgehead atoms. The van der Waals surface area contributed by atoms with E-state index in [-0.39, 0.29) is 0 Å². The quantitative estimate of drug-likeness (QED) is 0.658. The van der Waals surface area contributed by atoms with Gasteiger partial charge in [0.15, 0.2) is 0 Å². The lowest BCUT2D eigenvalue weighted by Gasteiger charge is -2.04. The molecule has 0 aliphatic rings. The summed E-state index contributed by atoms with van der Waals surface area (Å²) in [5, 5.41) is 1.28. The van der Waals surface area contributed by atoms with E-state index in [1.54, 1.807) is 48.5 Å². The Balaban J connectivity index is 1.74. The first-order chi connectivity index (χ1) is 10.6. The lowest BCUT2D eigenvalue weighted by Crippen LogP contribution is -2.02. The maximum atomic E-state index is 12.1. The number of hydrogen-bond donors (Lipinski definition) is 0. The standard InChI is InChI=1S/C16H16Cl2O2S2/c17-13-3-7-15(8-4-13)21(19)11-1-2-12-22(20)16-9-5-14(18)6-10-16/h3-10H,1-2,11-12H2/t21-,22-/m0/s1. The van der Waals surface area contributed by atoms with Gasteiger partial charge >= 0.3 is 0 Å². The molecule has 0 aliphatic heterocycles. The molecule has 0 heterocycles. The van der Waals surface area contributed by atoms with Crippen molar-refractivity contribution in [2.24, 2.45) is 0 Å². The topological polar surface area (TPSA) is 34.1 Å². The average Bonchev–Trinajstić information content (AvgIpc) is 2.52. The molecule has 0 aromatic heterocycles. The van der Waals surface area contributed by atoms with E-state index >= 15 is 0 Å². The van der Waals surface area contributed by atoms with Crippen LogP contribution in [-0.4, -0.2) is 19.9 Å². The summed E-state index contributed by atoms with van der Waals surface area (Å²) >= 11 is 11.6. The van der Waals surface area contributed by atoms with Crippen molar-refractivity contribution >= 4 is 44.8 Å². The molecule has 2 aromatic carbocycles. The first kappa shape index (κ1) is 17.7. The van der Waals surface area contributed by atoms with Gasteiger partial charge in [-0.1, -0.05) is 23.2 Å². The third-order valence-corrected chi connectivity index (χ3v) is 6.48. The molecule has 2 rings (SSSR count). The van der Waals surface area contributed by atoms with Crippen LogP contribution in [0.25, 0.3) is 0 Å². The monoisotopic (exact) mass is 374 g/mol. The Morgan fingerprint density at radius 1 is 0.636 bits per heavy atom. The third-order valence-electron chi connectivity index (χ3n) is 3.06. The van der Waals surface area contributed by atoms with Crippen LogP contribution < -0.4 is 0 Å². The average molecular weight is 375 g/mol. The van der Waals surface area contributed by atoms with Crippen LogP contribution in [0.15, 0.2) is 58.3 Å². The predicted molar refractivity (Wildman–Crippen MR) is 94.7 cm³/mol. The van der Waals surface area contributed by atoms with Crippen molar-refractivity contribution in [1.29, 1.82) is 0 Å². The van der Waals surface area contributed by atoms with Gasteiger partial charge in [0.1, 0.15) is 0 Å². The van der Waals surface area contributed by atoms with Crippen molar-refractivity contribution in [2.45, 2.75) is 22.6 Å². The molecule has 0 saturated carbocycles. The molecule has 0 aliphatic carbocycles. The SMILES string of the molecule is O=[S@@](CCCC[S@](=O)c1ccc(Cl)cc1)c1ccc(Cl)cc1. The fraction of sp³-hybridized carbons (Fsp3) is 0.250. The third kappa shape index (κ3) is 5.51. The number of halogens is 2. The van der Waals surface area contributed by atoms with Gasteiger partial charge < -0.3 is 0 Å². The van der Waals surface area contributed by atoms with Gasteiger partial charge in [0, 0.05) is 31.3 Å². The summed E-state index contributed by atoms with van der Waals surface area (Å²) in [4.78, 5) is 1.56. The van der Waals surface area contributed by atoms with E-state index in [4.69, 9.17) is 23.2 Å². The highest BCUT2D eigenvalue weighted by molar-refractivity contribution is 7.85. The highest BCUT2D eigenvalue weighted by atomic mass is 35.5. The highest BCUT2D eigenvalue weighted by Gasteiger charge is 2.06. The molecule has 0 amide bonds. The molecule has 0 radical (unpaired) electrons. The lowest BCUT2D eigenvalue weighted by atomic mass is 10.4. The molecular weight excluding hydrogens is 359 g/mol. The van der Waals surface area contributed by atoms with Gasteiger partial charge in [-0.15, -0.1) is 0 Å². The highest BCUT2D eigenvalue weighted by Crippen LogP contribution is 2.15. The summed E-state index contributed by atoms with van der Waals surface area (Å²) in [6, 6.07) is 14.1. The second kappa shape index (κ2) is 8.82. The molecule has 0 N–H and O–H groups in total. The van der Waals surface area contributed by atoms with Crippen molar-refractivity contribution in [3.8, 4) is 0 Å². The Morgan fingerprint density at radius 2 is 0.955 bits per heavy atom. The summed E-state index contributed by atoms with van der Waals surface area (Å²) in [5.74, 6) is 1.14. The molecule has 0 saturated heterocycles. The normalized spacial score (nSPS) is 13.7. The molecule has 0 fully saturated rings. The van der Waals surface area contributed by atoms with Crippen LogP contribution in [-0.2, 0) is 21.6 Å². The molecule has 0 unspecified atom stereocenters. The van der Waals surface area contributed by atoms with Crippen LogP contribution in [0.3, 0.4) is 0 Å². The minimum atomic E-state index is -1.03. The van der Waals surface area contributed by atoms with Crippen LogP contribution in [0.4, 0.5) is 0 Å². The van der Waals surface area contributed by atoms with Gasteiger partial charge in [0.2, 0.25) is 0 Å². The van der Waals surface area contributed by atoms with Crippen molar-refractivity contribution in [2.75, 3.05) is 11.5 Å². The van der Waals surface area contributed by atoms with Crippen molar-refractivity contribution in [1.82, 2.24) is 0 Å². The van der Waals surface area contributed by atoms with Crippen LogP contribution >= 0.6 is 23.2 Å². The summed E-state index contributed by atoms with van der Waals surface area (Å²) in [6.07, 6.45) is 1.54. The van der Waals surface area contributed by atoms with Gasteiger partial charge in [-0.2, -0.15) is 0 Å². The Morgan fingerprint density at radius 3 is 1.27 bits per heavy atom. The molecular formula is C16H16Cl2O2S2. The molecule has 2 atom stereocenters. The molecule has 6 heteroatoms.